The predicted octanol–water partition coefficient (Wildman–Crippen LogP) is 1.08. The number of rotatable bonds is 4. The first-order valence-corrected chi connectivity index (χ1v) is 8.59. The Hall–Kier alpha value is -2.81. The quantitative estimate of drug-likeness (QED) is 0.486. The highest BCUT2D eigenvalue weighted by molar-refractivity contribution is 8.15. The summed E-state index contributed by atoms with van der Waals surface area (Å²) in [6, 6.07) is 7.19. The summed E-state index contributed by atoms with van der Waals surface area (Å²) in [5.74, 6) is -1.12. The van der Waals surface area contributed by atoms with Crippen LogP contribution in [0.5, 0.6) is 5.88 Å². The molecule has 0 aliphatic carbocycles. The third-order valence-corrected chi connectivity index (χ3v) is 4.62. The first-order valence-electron chi connectivity index (χ1n) is 7.60. The van der Waals surface area contributed by atoms with E-state index in [9.17, 15) is 19.5 Å². The molecule has 8 nitrogen and oxygen atoms in total. The van der Waals surface area contributed by atoms with E-state index in [0.29, 0.717) is 5.69 Å². The fourth-order valence-electron chi connectivity index (χ4n) is 2.10. The number of methoxy groups -OCH3 is 1. The van der Waals surface area contributed by atoms with Crippen molar-refractivity contribution in [2.75, 3.05) is 12.9 Å². The van der Waals surface area contributed by atoms with Crippen molar-refractivity contribution in [3.05, 3.63) is 56.2 Å². The Morgan fingerprint density at radius 3 is 2.38 bits per heavy atom. The molecule has 1 heterocycles. The molecule has 0 bridgehead atoms. The minimum absolute atomic E-state index is 0.105. The number of aliphatic imine (C=N–C) groups is 1. The van der Waals surface area contributed by atoms with E-state index in [4.69, 9.17) is 0 Å². The number of hydrogen-bond donors (Lipinski definition) is 1. The topological polar surface area (TPSA) is 103 Å². The molecule has 138 valence electrons. The molecule has 2 aromatic rings. The summed E-state index contributed by atoms with van der Waals surface area (Å²) in [6.45, 7) is 1.93. The lowest BCUT2D eigenvalue weighted by atomic mass is 10.2. The second kappa shape index (κ2) is 8.05. The fourth-order valence-corrected chi connectivity index (χ4v) is 2.97. The fraction of sp³-hybridized carbons (Fsp3) is 0.294. The van der Waals surface area contributed by atoms with Crippen molar-refractivity contribution in [1.29, 1.82) is 0 Å². The van der Waals surface area contributed by atoms with Gasteiger partial charge in [-0.3, -0.25) is 18.7 Å². The van der Waals surface area contributed by atoms with E-state index in [1.807, 2.05) is 19.1 Å². The molecular formula is C17H19N3O5S. The van der Waals surface area contributed by atoms with Crippen LogP contribution in [0.1, 0.15) is 11.1 Å². The summed E-state index contributed by atoms with van der Waals surface area (Å²) in [5, 5.41) is 10.5. The number of ether oxygens (including phenoxy) is 1. The average molecular weight is 377 g/mol. The molecule has 26 heavy (non-hydrogen) atoms. The maximum atomic E-state index is 12.5. The Kier molecular flexibility index (Phi) is 6.04. The van der Waals surface area contributed by atoms with E-state index in [2.05, 4.69) is 9.73 Å². The molecule has 0 amide bonds. The molecule has 1 N–H and O–H groups in total. The van der Waals surface area contributed by atoms with Gasteiger partial charge in [0.1, 0.15) is 10.6 Å². The number of aryl methyl sites for hydroxylation is 1. The van der Waals surface area contributed by atoms with E-state index in [1.165, 1.54) is 21.2 Å². The molecule has 0 fully saturated rings. The molecule has 1 aromatic carbocycles. The molecule has 0 aliphatic heterocycles. The molecule has 0 atom stereocenters. The largest absolute Gasteiger partial charge is 0.494 e. The van der Waals surface area contributed by atoms with E-state index in [-0.39, 0.29) is 16.4 Å². The monoisotopic (exact) mass is 377 g/mol. The molecule has 2 rings (SSSR count). The number of aromatic hydroxyl groups is 1. The van der Waals surface area contributed by atoms with Crippen molar-refractivity contribution >= 4 is 28.5 Å². The second-order valence-electron chi connectivity index (χ2n) is 5.52. The lowest BCUT2D eigenvalue weighted by Crippen LogP contribution is -2.39. The van der Waals surface area contributed by atoms with Crippen LogP contribution in [0, 0.1) is 6.92 Å². The number of nitrogens with zero attached hydrogens (tertiary/aromatic N) is 3. The number of aromatic nitrogens is 2. The van der Waals surface area contributed by atoms with Crippen molar-refractivity contribution in [2.45, 2.75) is 6.92 Å². The van der Waals surface area contributed by atoms with E-state index in [0.717, 1.165) is 26.5 Å². The number of thioether (sulfide) groups is 1. The van der Waals surface area contributed by atoms with Gasteiger partial charge >= 0.3 is 11.7 Å². The molecule has 0 saturated carbocycles. The lowest BCUT2D eigenvalue weighted by molar-refractivity contribution is -0.137. The molecule has 1 aromatic heterocycles. The van der Waals surface area contributed by atoms with Gasteiger partial charge in [0.15, 0.2) is 0 Å². The van der Waals surface area contributed by atoms with Gasteiger partial charge in [-0.2, -0.15) is 0 Å². The smallest absolute Gasteiger partial charge is 0.333 e. The number of benzene rings is 1. The third-order valence-electron chi connectivity index (χ3n) is 3.67. The maximum absolute atomic E-state index is 12.5. The molecule has 0 radical (unpaired) electrons. The van der Waals surface area contributed by atoms with Gasteiger partial charge in [0.05, 0.1) is 18.6 Å². The molecular weight excluding hydrogens is 358 g/mol. The SMILES string of the molecule is COC(=O)CSC(=Nc1ccc(C)cc1)c1c(O)n(C)c(=O)n(C)c1=O. The maximum Gasteiger partial charge on any atom is 0.333 e. The third kappa shape index (κ3) is 4.05. The first-order chi connectivity index (χ1) is 12.3. The highest BCUT2D eigenvalue weighted by Crippen LogP contribution is 2.23. The Labute approximate surface area is 153 Å². The van der Waals surface area contributed by atoms with Gasteiger partial charge in [0, 0.05) is 14.1 Å². The highest BCUT2D eigenvalue weighted by Gasteiger charge is 2.21. The van der Waals surface area contributed by atoms with Crippen LogP contribution in [-0.2, 0) is 23.6 Å². The molecule has 0 unspecified atom stereocenters. The van der Waals surface area contributed by atoms with E-state index >= 15 is 0 Å². The van der Waals surface area contributed by atoms with Crippen LogP contribution >= 0.6 is 11.8 Å². The molecule has 0 spiro atoms. The minimum Gasteiger partial charge on any atom is -0.494 e. The number of carbonyl (C=O) groups is 1. The normalized spacial score (nSPS) is 11.5. The van der Waals surface area contributed by atoms with E-state index in [1.54, 1.807) is 12.1 Å². The van der Waals surface area contributed by atoms with Gasteiger partial charge in [-0.25, -0.2) is 9.79 Å². The van der Waals surface area contributed by atoms with Crippen LogP contribution in [0.3, 0.4) is 0 Å². The zero-order valence-corrected chi connectivity index (χ0v) is 15.7. The van der Waals surface area contributed by atoms with Gasteiger partial charge in [-0.1, -0.05) is 29.5 Å². The van der Waals surface area contributed by atoms with Crippen LogP contribution in [0.4, 0.5) is 5.69 Å². The summed E-state index contributed by atoms with van der Waals surface area (Å²) in [4.78, 5) is 40.4. The Morgan fingerprint density at radius 1 is 1.19 bits per heavy atom. The van der Waals surface area contributed by atoms with Crippen molar-refractivity contribution in [1.82, 2.24) is 9.13 Å². The van der Waals surface area contributed by atoms with Gasteiger partial charge in [-0.15, -0.1) is 0 Å². The van der Waals surface area contributed by atoms with Crippen molar-refractivity contribution in [3.8, 4) is 5.88 Å². The highest BCUT2D eigenvalue weighted by atomic mass is 32.2. The Balaban J connectivity index is 2.65. The van der Waals surface area contributed by atoms with Crippen LogP contribution in [0.25, 0.3) is 0 Å². The van der Waals surface area contributed by atoms with Crippen LogP contribution in [0.15, 0.2) is 38.8 Å². The Morgan fingerprint density at radius 2 is 1.81 bits per heavy atom. The van der Waals surface area contributed by atoms with Gasteiger partial charge < -0.3 is 9.84 Å². The average Bonchev–Trinajstić information content (AvgIpc) is 2.64. The van der Waals surface area contributed by atoms with E-state index < -0.39 is 23.1 Å². The standard InChI is InChI=1S/C17H19N3O5S/c1-10-5-7-11(8-6-10)18-14(26-9-12(21)25-4)13-15(22)19(2)17(24)20(3)16(13)23/h5-8,22H,9H2,1-4H3. The minimum atomic E-state index is -0.700. The number of esters is 1. The predicted molar refractivity (Wildman–Crippen MR) is 100 cm³/mol. The summed E-state index contributed by atoms with van der Waals surface area (Å²) in [5.41, 5.74) is 0.0636. The summed E-state index contributed by atoms with van der Waals surface area (Å²) in [6.07, 6.45) is 0. The van der Waals surface area contributed by atoms with Crippen molar-refractivity contribution < 1.29 is 14.6 Å². The molecule has 0 aliphatic rings. The second-order valence-corrected chi connectivity index (χ2v) is 6.49. The zero-order valence-electron chi connectivity index (χ0n) is 14.8. The van der Waals surface area contributed by atoms with Crippen molar-refractivity contribution in [2.24, 2.45) is 19.1 Å². The number of hydrogen-bond acceptors (Lipinski definition) is 7. The van der Waals surface area contributed by atoms with Crippen LogP contribution in [-0.4, -0.2) is 38.1 Å². The number of carbonyl (C=O) groups excluding carboxylic acids is 1. The summed E-state index contributed by atoms with van der Waals surface area (Å²) < 4.78 is 6.43. The first kappa shape index (κ1) is 19.5. The van der Waals surface area contributed by atoms with Gasteiger partial charge in [0.2, 0.25) is 5.88 Å². The van der Waals surface area contributed by atoms with Crippen molar-refractivity contribution in [3.63, 3.8) is 0 Å². The Bertz CT molecular complexity index is 974. The molecule has 0 saturated heterocycles. The van der Waals surface area contributed by atoms with Crippen LogP contribution in [0.2, 0.25) is 0 Å². The van der Waals surface area contributed by atoms with Gasteiger partial charge in [0.25, 0.3) is 5.56 Å². The zero-order chi connectivity index (χ0) is 19.4. The summed E-state index contributed by atoms with van der Waals surface area (Å²) >= 11 is 0.945. The van der Waals surface area contributed by atoms with Crippen LogP contribution < -0.4 is 11.2 Å². The van der Waals surface area contributed by atoms with Gasteiger partial charge in [-0.05, 0) is 19.1 Å². The summed E-state index contributed by atoms with van der Waals surface area (Å²) in [7, 11) is 3.90. The molecule has 9 heteroatoms. The lowest BCUT2D eigenvalue weighted by Gasteiger charge is -2.12.